The second kappa shape index (κ2) is 6.07. The summed E-state index contributed by atoms with van der Waals surface area (Å²) in [6.45, 7) is 1.31. The lowest BCUT2D eigenvalue weighted by molar-refractivity contribution is -0.119. The normalized spacial score (nSPS) is 9.87. The van der Waals surface area contributed by atoms with Gasteiger partial charge in [0.2, 0.25) is 5.91 Å². The van der Waals surface area contributed by atoms with Gasteiger partial charge in [-0.25, -0.2) is 0 Å². The fourth-order valence-corrected chi connectivity index (χ4v) is 1.17. The summed E-state index contributed by atoms with van der Waals surface area (Å²) < 4.78 is 1.71. The molecule has 0 saturated heterocycles. The van der Waals surface area contributed by atoms with Crippen molar-refractivity contribution in [3.8, 4) is 0 Å². The van der Waals surface area contributed by atoms with E-state index in [2.05, 4.69) is 27.8 Å². The molecule has 0 aliphatic rings. The number of nitrogens with zero attached hydrogens (tertiary/aromatic N) is 3. The van der Waals surface area contributed by atoms with Crippen LogP contribution in [0.15, 0.2) is 12.4 Å². The zero-order chi connectivity index (χ0) is 11.1. The summed E-state index contributed by atoms with van der Waals surface area (Å²) in [6, 6.07) is 0. The number of amides is 1. The van der Waals surface area contributed by atoms with Crippen molar-refractivity contribution in [2.45, 2.75) is 19.4 Å². The van der Waals surface area contributed by atoms with Crippen LogP contribution in [-0.2, 0) is 11.3 Å². The molecule has 1 aromatic rings. The Bertz CT molecular complexity index is 324. The van der Waals surface area contributed by atoms with Gasteiger partial charge in [-0.05, 0) is 6.42 Å². The summed E-state index contributed by atoms with van der Waals surface area (Å²) in [7, 11) is 0. The lowest BCUT2D eigenvalue weighted by atomic mass is 10.3. The van der Waals surface area contributed by atoms with Crippen LogP contribution in [0.25, 0.3) is 0 Å². The van der Waals surface area contributed by atoms with Gasteiger partial charge >= 0.3 is 0 Å². The van der Waals surface area contributed by atoms with Gasteiger partial charge in [-0.1, -0.05) is 17.4 Å². The molecule has 1 rings (SSSR count). The fourth-order valence-electron chi connectivity index (χ4n) is 1.04. The Hall–Kier alpha value is -1.50. The van der Waals surface area contributed by atoms with Crippen LogP contribution in [0.1, 0.15) is 12.8 Å². The van der Waals surface area contributed by atoms with E-state index in [0.717, 1.165) is 13.0 Å². The molecule has 1 aromatic heterocycles. The van der Waals surface area contributed by atoms with E-state index in [1.807, 2.05) is 0 Å². The number of aryl methyl sites for hydroxylation is 1. The standard InChI is InChI=1S/C8H13N5OS/c9-7(15)6-8(14)10-2-1-4-13-5-3-11-12-13/h3,5H,1-2,4,6H2,(H2,9,15)(H,10,14). The maximum atomic E-state index is 11.1. The lowest BCUT2D eigenvalue weighted by Crippen LogP contribution is -2.28. The summed E-state index contributed by atoms with van der Waals surface area (Å²) in [5.41, 5.74) is 5.22. The quantitative estimate of drug-likeness (QED) is 0.503. The molecule has 0 fully saturated rings. The molecule has 0 bridgehead atoms. The van der Waals surface area contributed by atoms with E-state index in [9.17, 15) is 4.79 Å². The van der Waals surface area contributed by atoms with Crippen LogP contribution in [0.4, 0.5) is 0 Å². The number of aromatic nitrogens is 3. The number of nitrogens with two attached hydrogens (primary N) is 1. The third-order valence-corrected chi connectivity index (χ3v) is 1.84. The Morgan fingerprint density at radius 1 is 1.60 bits per heavy atom. The molecule has 3 N–H and O–H groups in total. The van der Waals surface area contributed by atoms with Gasteiger partial charge in [0, 0.05) is 19.3 Å². The average molecular weight is 227 g/mol. The minimum Gasteiger partial charge on any atom is -0.393 e. The van der Waals surface area contributed by atoms with Gasteiger partial charge in [-0.3, -0.25) is 9.48 Å². The van der Waals surface area contributed by atoms with Crippen molar-refractivity contribution < 1.29 is 4.79 Å². The molecule has 0 aliphatic carbocycles. The van der Waals surface area contributed by atoms with Gasteiger partial charge < -0.3 is 11.1 Å². The number of nitrogens with one attached hydrogen (secondary N) is 1. The SMILES string of the molecule is NC(=S)CC(=O)NCCCn1ccnn1. The molecule has 1 amide bonds. The number of rotatable bonds is 6. The molecule has 15 heavy (non-hydrogen) atoms. The van der Waals surface area contributed by atoms with Gasteiger partial charge in [0.15, 0.2) is 0 Å². The van der Waals surface area contributed by atoms with Gasteiger partial charge in [0.05, 0.1) is 17.6 Å². The second-order valence-electron chi connectivity index (χ2n) is 3.01. The van der Waals surface area contributed by atoms with Gasteiger partial charge in [0.1, 0.15) is 0 Å². The predicted octanol–water partition coefficient (Wildman–Crippen LogP) is -0.539. The first-order valence-electron chi connectivity index (χ1n) is 4.57. The topological polar surface area (TPSA) is 85.8 Å². The highest BCUT2D eigenvalue weighted by molar-refractivity contribution is 7.80. The summed E-state index contributed by atoms with van der Waals surface area (Å²) in [4.78, 5) is 11.3. The molecular formula is C8H13N5OS. The first-order chi connectivity index (χ1) is 7.18. The largest absolute Gasteiger partial charge is 0.393 e. The maximum absolute atomic E-state index is 11.1. The highest BCUT2D eigenvalue weighted by Gasteiger charge is 2.01. The Labute approximate surface area is 92.8 Å². The van der Waals surface area contributed by atoms with Crippen molar-refractivity contribution in [3.05, 3.63) is 12.4 Å². The molecular weight excluding hydrogens is 214 g/mol. The highest BCUT2D eigenvalue weighted by Crippen LogP contribution is 1.87. The van der Waals surface area contributed by atoms with E-state index in [4.69, 9.17) is 5.73 Å². The molecule has 82 valence electrons. The van der Waals surface area contributed by atoms with Crippen LogP contribution < -0.4 is 11.1 Å². The van der Waals surface area contributed by atoms with Crippen LogP contribution in [0.5, 0.6) is 0 Å². The molecule has 0 aliphatic heterocycles. The highest BCUT2D eigenvalue weighted by atomic mass is 32.1. The molecule has 0 spiro atoms. The van der Waals surface area contributed by atoms with E-state index in [0.29, 0.717) is 6.54 Å². The molecule has 0 aromatic carbocycles. The van der Waals surface area contributed by atoms with E-state index < -0.39 is 0 Å². The van der Waals surface area contributed by atoms with E-state index >= 15 is 0 Å². The van der Waals surface area contributed by atoms with Crippen molar-refractivity contribution in [2.24, 2.45) is 5.73 Å². The number of carbonyl (C=O) groups is 1. The Morgan fingerprint density at radius 3 is 3.00 bits per heavy atom. The minimum atomic E-state index is -0.138. The van der Waals surface area contributed by atoms with E-state index in [1.165, 1.54) is 0 Å². The van der Waals surface area contributed by atoms with Crippen molar-refractivity contribution >= 4 is 23.1 Å². The average Bonchev–Trinajstić information content (AvgIpc) is 2.63. The Kier molecular flexibility index (Phi) is 4.69. The minimum absolute atomic E-state index is 0.110. The van der Waals surface area contributed by atoms with Crippen molar-refractivity contribution in [2.75, 3.05) is 6.54 Å². The molecule has 0 saturated carbocycles. The second-order valence-corrected chi connectivity index (χ2v) is 3.54. The Balaban J connectivity index is 2.06. The zero-order valence-electron chi connectivity index (χ0n) is 8.22. The molecule has 6 nitrogen and oxygen atoms in total. The molecule has 0 radical (unpaired) electrons. The fraction of sp³-hybridized carbons (Fsp3) is 0.500. The van der Waals surface area contributed by atoms with E-state index in [1.54, 1.807) is 17.1 Å². The van der Waals surface area contributed by atoms with E-state index in [-0.39, 0.29) is 17.3 Å². The van der Waals surface area contributed by atoms with Crippen molar-refractivity contribution in [3.63, 3.8) is 0 Å². The molecule has 0 atom stereocenters. The first kappa shape index (κ1) is 11.6. The van der Waals surface area contributed by atoms with Crippen molar-refractivity contribution in [1.82, 2.24) is 20.3 Å². The Morgan fingerprint density at radius 2 is 2.40 bits per heavy atom. The number of thiocarbonyl (C=S) groups is 1. The molecule has 1 heterocycles. The number of hydrogen-bond acceptors (Lipinski definition) is 4. The maximum Gasteiger partial charge on any atom is 0.226 e. The predicted molar refractivity (Wildman–Crippen MR) is 59.1 cm³/mol. The summed E-state index contributed by atoms with van der Waals surface area (Å²) in [5, 5.41) is 10.2. The van der Waals surface area contributed by atoms with Crippen molar-refractivity contribution in [1.29, 1.82) is 0 Å². The van der Waals surface area contributed by atoms with Crippen LogP contribution in [-0.4, -0.2) is 32.4 Å². The third kappa shape index (κ3) is 5.06. The van der Waals surface area contributed by atoms with Crippen LogP contribution in [0.2, 0.25) is 0 Å². The van der Waals surface area contributed by atoms with Crippen LogP contribution in [0, 0.1) is 0 Å². The smallest absolute Gasteiger partial charge is 0.226 e. The summed E-state index contributed by atoms with van der Waals surface area (Å²) in [6.07, 6.45) is 4.30. The van der Waals surface area contributed by atoms with Gasteiger partial charge in [-0.2, -0.15) is 0 Å². The summed E-state index contributed by atoms with van der Waals surface area (Å²) in [5.74, 6) is -0.138. The number of carbonyl (C=O) groups excluding carboxylic acids is 1. The molecule has 0 unspecified atom stereocenters. The van der Waals surface area contributed by atoms with Gasteiger partial charge in [-0.15, -0.1) is 5.10 Å². The first-order valence-corrected chi connectivity index (χ1v) is 4.98. The lowest BCUT2D eigenvalue weighted by Gasteiger charge is -2.03. The molecule has 7 heteroatoms. The third-order valence-electron chi connectivity index (χ3n) is 1.69. The number of hydrogen-bond donors (Lipinski definition) is 2. The van der Waals surface area contributed by atoms with Gasteiger partial charge in [0.25, 0.3) is 0 Å². The zero-order valence-corrected chi connectivity index (χ0v) is 9.04. The van der Waals surface area contributed by atoms with Crippen LogP contribution in [0.3, 0.4) is 0 Å². The van der Waals surface area contributed by atoms with Crippen LogP contribution >= 0.6 is 12.2 Å². The summed E-state index contributed by atoms with van der Waals surface area (Å²) >= 11 is 4.61. The monoisotopic (exact) mass is 227 g/mol.